The van der Waals surface area contributed by atoms with Gasteiger partial charge in [0.2, 0.25) is 0 Å². The number of hydrogen-bond donors (Lipinski definition) is 1. The molecule has 0 unspecified atom stereocenters. The lowest BCUT2D eigenvalue weighted by Gasteiger charge is -2.24. The van der Waals surface area contributed by atoms with Crippen molar-refractivity contribution >= 4 is 5.69 Å². The van der Waals surface area contributed by atoms with E-state index in [9.17, 15) is 0 Å². The van der Waals surface area contributed by atoms with Gasteiger partial charge in [-0.2, -0.15) is 0 Å². The van der Waals surface area contributed by atoms with Crippen LogP contribution in [0.1, 0.15) is 26.3 Å². The molecule has 0 spiro atoms. The van der Waals surface area contributed by atoms with Crippen molar-refractivity contribution in [3.05, 3.63) is 23.8 Å². The van der Waals surface area contributed by atoms with Gasteiger partial charge in [0.15, 0.2) is 0 Å². The van der Waals surface area contributed by atoms with Gasteiger partial charge in [-0.25, -0.2) is 0 Å². The van der Waals surface area contributed by atoms with Crippen LogP contribution >= 0.6 is 0 Å². The summed E-state index contributed by atoms with van der Waals surface area (Å²) in [5, 5.41) is 3.32. The molecule has 2 nitrogen and oxygen atoms in total. The summed E-state index contributed by atoms with van der Waals surface area (Å²) in [6, 6.07) is 6.41. The van der Waals surface area contributed by atoms with E-state index >= 15 is 0 Å². The normalized spacial score (nSPS) is 15.4. The zero-order valence-corrected chi connectivity index (χ0v) is 9.05. The summed E-state index contributed by atoms with van der Waals surface area (Å²) >= 11 is 0. The van der Waals surface area contributed by atoms with Gasteiger partial charge in [0.05, 0.1) is 5.69 Å². The number of fused-ring (bicyclic) bond motifs is 1. The Balaban J connectivity index is 2.39. The first kappa shape index (κ1) is 9.38. The maximum Gasteiger partial charge on any atom is 0.142 e. The first-order chi connectivity index (χ1) is 6.57. The fourth-order valence-electron chi connectivity index (χ4n) is 1.60. The Morgan fingerprint density at radius 1 is 1.29 bits per heavy atom. The highest BCUT2D eigenvalue weighted by Crippen LogP contribution is 2.32. The predicted octanol–water partition coefficient (Wildman–Crippen LogP) is 2.79. The molecule has 1 aliphatic rings. The molecule has 1 aromatic carbocycles. The quantitative estimate of drug-likeness (QED) is 0.681. The van der Waals surface area contributed by atoms with E-state index < -0.39 is 0 Å². The average Bonchev–Trinajstić information content (AvgIpc) is 2.16. The van der Waals surface area contributed by atoms with Crippen LogP contribution < -0.4 is 10.1 Å². The largest absolute Gasteiger partial charge is 0.490 e. The lowest BCUT2D eigenvalue weighted by molar-refractivity contribution is 0.322. The molecule has 76 valence electrons. The van der Waals surface area contributed by atoms with Gasteiger partial charge in [-0.3, -0.25) is 0 Å². The monoisotopic (exact) mass is 191 g/mol. The number of hydrogen-bond acceptors (Lipinski definition) is 2. The van der Waals surface area contributed by atoms with Crippen LogP contribution in [-0.2, 0) is 5.41 Å². The van der Waals surface area contributed by atoms with E-state index in [1.165, 1.54) is 5.56 Å². The van der Waals surface area contributed by atoms with Crippen LogP contribution in [0.3, 0.4) is 0 Å². The van der Waals surface area contributed by atoms with Gasteiger partial charge in [0, 0.05) is 6.54 Å². The third-order valence-electron chi connectivity index (χ3n) is 2.52. The molecular weight excluding hydrogens is 174 g/mol. The van der Waals surface area contributed by atoms with Crippen molar-refractivity contribution in [1.82, 2.24) is 0 Å². The Morgan fingerprint density at radius 3 is 2.79 bits per heavy atom. The van der Waals surface area contributed by atoms with Gasteiger partial charge in [-0.05, 0) is 23.1 Å². The molecule has 0 bridgehead atoms. The van der Waals surface area contributed by atoms with Crippen molar-refractivity contribution in [3.8, 4) is 5.75 Å². The molecule has 1 N–H and O–H groups in total. The second kappa shape index (κ2) is 3.19. The Morgan fingerprint density at radius 2 is 2.07 bits per heavy atom. The van der Waals surface area contributed by atoms with Gasteiger partial charge in [0.1, 0.15) is 12.4 Å². The minimum Gasteiger partial charge on any atom is -0.490 e. The lowest BCUT2D eigenvalue weighted by atomic mass is 9.87. The van der Waals surface area contributed by atoms with Gasteiger partial charge >= 0.3 is 0 Å². The standard InChI is InChI=1S/C12H17NO/c1-12(2,3)9-4-5-10-11(8-9)14-7-6-13-10/h4-5,8,13H,6-7H2,1-3H3. The summed E-state index contributed by atoms with van der Waals surface area (Å²) in [5.74, 6) is 0.990. The molecule has 0 amide bonds. The van der Waals surface area contributed by atoms with Gasteiger partial charge in [0.25, 0.3) is 0 Å². The van der Waals surface area contributed by atoms with Crippen LogP contribution in [0.5, 0.6) is 5.75 Å². The highest BCUT2D eigenvalue weighted by Gasteiger charge is 2.17. The van der Waals surface area contributed by atoms with E-state index in [2.05, 4.69) is 44.3 Å². The summed E-state index contributed by atoms with van der Waals surface area (Å²) in [7, 11) is 0. The van der Waals surface area contributed by atoms with Crippen LogP contribution in [0.2, 0.25) is 0 Å². The van der Waals surface area contributed by atoms with Crippen LogP contribution in [0, 0.1) is 0 Å². The topological polar surface area (TPSA) is 21.3 Å². The second-order valence-corrected chi connectivity index (χ2v) is 4.74. The van der Waals surface area contributed by atoms with E-state index in [4.69, 9.17) is 4.74 Å². The predicted molar refractivity (Wildman–Crippen MR) is 59.1 cm³/mol. The molecule has 1 aromatic rings. The summed E-state index contributed by atoms with van der Waals surface area (Å²) in [4.78, 5) is 0. The van der Waals surface area contributed by atoms with Gasteiger partial charge < -0.3 is 10.1 Å². The summed E-state index contributed by atoms with van der Waals surface area (Å²) in [5.41, 5.74) is 2.62. The average molecular weight is 191 g/mol. The van der Waals surface area contributed by atoms with Crippen molar-refractivity contribution in [2.24, 2.45) is 0 Å². The van der Waals surface area contributed by atoms with E-state index in [1.807, 2.05) is 0 Å². The zero-order valence-electron chi connectivity index (χ0n) is 9.05. The van der Waals surface area contributed by atoms with Crippen LogP contribution in [0.25, 0.3) is 0 Å². The van der Waals surface area contributed by atoms with E-state index in [1.54, 1.807) is 0 Å². The minimum absolute atomic E-state index is 0.190. The third-order valence-corrected chi connectivity index (χ3v) is 2.52. The maximum absolute atomic E-state index is 5.60. The first-order valence-electron chi connectivity index (χ1n) is 5.08. The molecule has 0 saturated carbocycles. The van der Waals surface area contributed by atoms with Crippen LogP contribution in [0.4, 0.5) is 5.69 Å². The molecule has 1 heterocycles. The number of anilines is 1. The number of nitrogens with one attached hydrogen (secondary N) is 1. The number of rotatable bonds is 0. The Labute approximate surface area is 85.3 Å². The Bertz CT molecular complexity index is 339. The fourth-order valence-corrected chi connectivity index (χ4v) is 1.60. The smallest absolute Gasteiger partial charge is 0.142 e. The zero-order chi connectivity index (χ0) is 10.2. The van der Waals surface area contributed by atoms with E-state index in [0.717, 1.165) is 24.6 Å². The van der Waals surface area contributed by atoms with Crippen molar-refractivity contribution in [2.45, 2.75) is 26.2 Å². The van der Waals surface area contributed by atoms with Gasteiger partial charge in [-0.1, -0.05) is 26.8 Å². The Hall–Kier alpha value is -1.18. The first-order valence-corrected chi connectivity index (χ1v) is 5.08. The molecular formula is C12H17NO. The Kier molecular flexibility index (Phi) is 2.14. The molecule has 14 heavy (non-hydrogen) atoms. The molecule has 0 atom stereocenters. The van der Waals surface area contributed by atoms with Crippen molar-refractivity contribution in [3.63, 3.8) is 0 Å². The van der Waals surface area contributed by atoms with E-state index in [0.29, 0.717) is 0 Å². The molecule has 2 rings (SSSR count). The molecule has 0 fully saturated rings. The summed E-state index contributed by atoms with van der Waals surface area (Å²) in [6.07, 6.45) is 0. The molecule has 0 radical (unpaired) electrons. The fraction of sp³-hybridized carbons (Fsp3) is 0.500. The highest BCUT2D eigenvalue weighted by molar-refractivity contribution is 5.59. The molecule has 2 heteroatoms. The number of ether oxygens (including phenoxy) is 1. The second-order valence-electron chi connectivity index (χ2n) is 4.74. The highest BCUT2D eigenvalue weighted by atomic mass is 16.5. The molecule has 0 saturated heterocycles. The van der Waals surface area contributed by atoms with Crippen LogP contribution in [0.15, 0.2) is 18.2 Å². The molecule has 1 aliphatic heterocycles. The van der Waals surface area contributed by atoms with Gasteiger partial charge in [-0.15, -0.1) is 0 Å². The summed E-state index contributed by atoms with van der Waals surface area (Å²) < 4.78 is 5.60. The molecule has 0 aromatic heterocycles. The van der Waals surface area contributed by atoms with Crippen LogP contribution in [-0.4, -0.2) is 13.2 Å². The summed E-state index contributed by atoms with van der Waals surface area (Å²) in [6.45, 7) is 8.31. The third kappa shape index (κ3) is 1.69. The SMILES string of the molecule is CC(C)(C)c1ccc2c(c1)OCCN2. The lowest BCUT2D eigenvalue weighted by Crippen LogP contribution is -2.19. The van der Waals surface area contributed by atoms with Crippen molar-refractivity contribution in [1.29, 1.82) is 0 Å². The number of benzene rings is 1. The van der Waals surface area contributed by atoms with E-state index in [-0.39, 0.29) is 5.41 Å². The van der Waals surface area contributed by atoms with Crippen molar-refractivity contribution in [2.75, 3.05) is 18.5 Å². The van der Waals surface area contributed by atoms with Crippen molar-refractivity contribution < 1.29 is 4.74 Å². The minimum atomic E-state index is 0.190. The molecule has 0 aliphatic carbocycles. The maximum atomic E-state index is 5.60.